The van der Waals surface area contributed by atoms with Crippen molar-refractivity contribution in [1.29, 1.82) is 0 Å². The highest BCUT2D eigenvalue weighted by Crippen LogP contribution is 2.32. The van der Waals surface area contributed by atoms with E-state index in [2.05, 4.69) is 14.9 Å². The summed E-state index contributed by atoms with van der Waals surface area (Å²) in [5.74, 6) is 2.58. The van der Waals surface area contributed by atoms with E-state index in [0.717, 1.165) is 26.1 Å². The first-order valence-corrected chi connectivity index (χ1v) is 10.4. The maximum atomic E-state index is 12.3. The van der Waals surface area contributed by atoms with Gasteiger partial charge in [0.1, 0.15) is 11.9 Å². The van der Waals surface area contributed by atoms with E-state index in [0.29, 0.717) is 42.1 Å². The van der Waals surface area contributed by atoms with Crippen LogP contribution in [0.25, 0.3) is 0 Å². The fraction of sp³-hybridized carbons (Fsp3) is 0.500. The fourth-order valence-corrected chi connectivity index (χ4v) is 3.51. The van der Waals surface area contributed by atoms with Gasteiger partial charge in [-0.3, -0.25) is 14.7 Å². The van der Waals surface area contributed by atoms with E-state index in [1.54, 1.807) is 38.6 Å². The normalized spacial score (nSPS) is 16.1. The number of hydrogen-bond acceptors (Lipinski definition) is 8. The predicted molar refractivity (Wildman–Crippen MR) is 115 cm³/mol. The molecule has 1 unspecified atom stereocenters. The summed E-state index contributed by atoms with van der Waals surface area (Å²) in [6.45, 7) is 7.34. The summed E-state index contributed by atoms with van der Waals surface area (Å²) in [7, 11) is 3.14. The number of likely N-dealkylation sites (tertiary alicyclic amines) is 1. The van der Waals surface area contributed by atoms with Crippen LogP contribution in [0.3, 0.4) is 0 Å². The monoisotopic (exact) mass is 430 g/mol. The van der Waals surface area contributed by atoms with Crippen LogP contribution in [-0.4, -0.2) is 78.7 Å². The number of hydrogen-bond donors (Lipinski definition) is 0. The second-order valence-corrected chi connectivity index (χ2v) is 7.14. The van der Waals surface area contributed by atoms with Crippen molar-refractivity contribution in [2.75, 3.05) is 46.9 Å². The Morgan fingerprint density at radius 1 is 1.13 bits per heavy atom. The predicted octanol–water partition coefficient (Wildman–Crippen LogP) is 2.61. The molecule has 0 bridgehead atoms. The molecule has 1 aromatic carbocycles. The molecule has 1 atom stereocenters. The second-order valence-electron chi connectivity index (χ2n) is 7.14. The molecule has 1 aliphatic rings. The highest BCUT2D eigenvalue weighted by molar-refractivity contribution is 5.78. The van der Waals surface area contributed by atoms with Crippen LogP contribution >= 0.6 is 0 Å². The van der Waals surface area contributed by atoms with Gasteiger partial charge >= 0.3 is 0 Å². The topological polar surface area (TPSA) is 86.3 Å². The number of nitrogens with zero attached hydrogens (tertiary/aromatic N) is 4. The molecule has 3 rings (SSSR count). The molecular formula is C22H30N4O5. The molecular weight excluding hydrogens is 400 g/mol. The maximum Gasteiger partial charge on any atom is 0.241 e. The molecule has 1 saturated heterocycles. The Morgan fingerprint density at radius 2 is 1.87 bits per heavy atom. The van der Waals surface area contributed by atoms with Crippen molar-refractivity contribution >= 4 is 5.91 Å². The second kappa shape index (κ2) is 10.8. The molecule has 9 heteroatoms. The molecule has 31 heavy (non-hydrogen) atoms. The molecule has 1 aromatic heterocycles. The zero-order valence-electron chi connectivity index (χ0n) is 18.5. The number of benzene rings is 1. The SMILES string of the molecule is CCN(CC)C(=O)CN1CCC(Oc2cncc(Oc3ccc(OC)c(OC)c3)n2)C1. The van der Waals surface area contributed by atoms with E-state index < -0.39 is 0 Å². The van der Waals surface area contributed by atoms with Crippen molar-refractivity contribution in [1.82, 2.24) is 19.8 Å². The van der Waals surface area contributed by atoms with Crippen LogP contribution in [0.4, 0.5) is 0 Å². The van der Waals surface area contributed by atoms with Crippen molar-refractivity contribution in [3.05, 3.63) is 30.6 Å². The summed E-state index contributed by atoms with van der Waals surface area (Å²) in [6, 6.07) is 5.24. The first-order chi connectivity index (χ1) is 15.1. The van der Waals surface area contributed by atoms with E-state index in [1.807, 2.05) is 18.7 Å². The molecule has 2 heterocycles. The summed E-state index contributed by atoms with van der Waals surface area (Å²) < 4.78 is 22.3. The lowest BCUT2D eigenvalue weighted by atomic mass is 10.3. The highest BCUT2D eigenvalue weighted by Gasteiger charge is 2.27. The molecule has 1 fully saturated rings. The van der Waals surface area contributed by atoms with Crippen LogP contribution in [0.2, 0.25) is 0 Å². The smallest absolute Gasteiger partial charge is 0.241 e. The lowest BCUT2D eigenvalue weighted by Crippen LogP contribution is -2.39. The summed E-state index contributed by atoms with van der Waals surface area (Å²) in [6.07, 6.45) is 3.86. The van der Waals surface area contributed by atoms with Crippen molar-refractivity contribution in [3.8, 4) is 29.0 Å². The number of ether oxygens (including phenoxy) is 4. The van der Waals surface area contributed by atoms with E-state index in [4.69, 9.17) is 18.9 Å². The molecule has 168 valence electrons. The third-order valence-electron chi connectivity index (χ3n) is 5.16. The average molecular weight is 431 g/mol. The Morgan fingerprint density at radius 3 is 2.58 bits per heavy atom. The van der Waals surface area contributed by atoms with Gasteiger partial charge in [0.2, 0.25) is 17.7 Å². The average Bonchev–Trinajstić information content (AvgIpc) is 3.21. The first kappa shape index (κ1) is 22.6. The Labute approximate surface area is 182 Å². The zero-order chi connectivity index (χ0) is 22.2. The van der Waals surface area contributed by atoms with Gasteiger partial charge in [-0.15, -0.1) is 0 Å². The van der Waals surface area contributed by atoms with Crippen molar-refractivity contribution in [2.45, 2.75) is 26.4 Å². The molecule has 0 aliphatic carbocycles. The summed E-state index contributed by atoms with van der Waals surface area (Å²) in [5.41, 5.74) is 0. The minimum atomic E-state index is -0.0462. The maximum absolute atomic E-state index is 12.3. The Balaban J connectivity index is 1.57. The first-order valence-electron chi connectivity index (χ1n) is 10.4. The standard InChI is InChI=1S/C22H30N4O5/c1-5-26(6-2)22(27)15-25-10-9-17(14-25)31-21-13-23-12-20(24-21)30-16-7-8-18(28-3)19(11-16)29-4/h7-8,11-13,17H,5-6,9-10,14-15H2,1-4H3. The lowest BCUT2D eigenvalue weighted by molar-refractivity contribution is -0.131. The van der Waals surface area contributed by atoms with Crippen molar-refractivity contribution in [3.63, 3.8) is 0 Å². The Kier molecular flexibility index (Phi) is 7.88. The number of methoxy groups -OCH3 is 2. The number of carbonyl (C=O) groups is 1. The van der Waals surface area contributed by atoms with E-state index in [1.165, 1.54) is 6.20 Å². The van der Waals surface area contributed by atoms with Gasteiger partial charge in [-0.05, 0) is 32.4 Å². The Hall–Kier alpha value is -3.07. The minimum absolute atomic E-state index is 0.0462. The fourth-order valence-electron chi connectivity index (χ4n) is 3.51. The van der Waals surface area contributed by atoms with Gasteiger partial charge in [0, 0.05) is 32.2 Å². The third kappa shape index (κ3) is 5.97. The van der Waals surface area contributed by atoms with Crippen LogP contribution < -0.4 is 18.9 Å². The minimum Gasteiger partial charge on any atom is -0.493 e. The van der Waals surface area contributed by atoms with E-state index in [-0.39, 0.29) is 12.0 Å². The summed E-state index contributed by atoms with van der Waals surface area (Å²) in [5, 5.41) is 0. The van der Waals surface area contributed by atoms with Gasteiger partial charge in [0.25, 0.3) is 0 Å². The number of amides is 1. The van der Waals surface area contributed by atoms with Crippen molar-refractivity contribution in [2.24, 2.45) is 0 Å². The largest absolute Gasteiger partial charge is 0.493 e. The molecule has 0 spiro atoms. The Bertz CT molecular complexity index is 875. The summed E-state index contributed by atoms with van der Waals surface area (Å²) >= 11 is 0. The molecule has 0 radical (unpaired) electrons. The lowest BCUT2D eigenvalue weighted by Gasteiger charge is -2.22. The summed E-state index contributed by atoms with van der Waals surface area (Å²) in [4.78, 5) is 24.8. The third-order valence-corrected chi connectivity index (χ3v) is 5.16. The molecule has 1 amide bonds. The molecule has 0 saturated carbocycles. The van der Waals surface area contributed by atoms with Gasteiger partial charge in [-0.25, -0.2) is 0 Å². The molecule has 0 N–H and O–H groups in total. The zero-order valence-corrected chi connectivity index (χ0v) is 18.5. The van der Waals surface area contributed by atoms with Gasteiger partial charge in [-0.2, -0.15) is 4.98 Å². The van der Waals surface area contributed by atoms with Crippen LogP contribution in [0.1, 0.15) is 20.3 Å². The number of aromatic nitrogens is 2. The molecule has 9 nitrogen and oxygen atoms in total. The van der Waals surface area contributed by atoms with Crippen LogP contribution in [0.15, 0.2) is 30.6 Å². The van der Waals surface area contributed by atoms with E-state index in [9.17, 15) is 4.79 Å². The van der Waals surface area contributed by atoms with Crippen LogP contribution in [0.5, 0.6) is 29.0 Å². The van der Waals surface area contributed by atoms with Gasteiger partial charge < -0.3 is 23.8 Å². The van der Waals surface area contributed by atoms with Gasteiger partial charge in [0.15, 0.2) is 11.5 Å². The quantitative estimate of drug-likeness (QED) is 0.569. The van der Waals surface area contributed by atoms with Crippen LogP contribution in [0, 0.1) is 0 Å². The number of carbonyl (C=O) groups excluding carboxylic acids is 1. The highest BCUT2D eigenvalue weighted by atomic mass is 16.5. The van der Waals surface area contributed by atoms with Crippen LogP contribution in [-0.2, 0) is 4.79 Å². The number of rotatable bonds is 10. The van der Waals surface area contributed by atoms with E-state index >= 15 is 0 Å². The van der Waals surface area contributed by atoms with Gasteiger partial charge in [0.05, 0.1) is 33.2 Å². The molecule has 1 aliphatic heterocycles. The van der Waals surface area contributed by atoms with Gasteiger partial charge in [-0.1, -0.05) is 0 Å². The number of likely N-dealkylation sites (N-methyl/N-ethyl adjacent to an activating group) is 1. The van der Waals surface area contributed by atoms with Crippen molar-refractivity contribution < 1.29 is 23.7 Å². The molecule has 2 aromatic rings.